The fourth-order valence-corrected chi connectivity index (χ4v) is 2.25. The van der Waals surface area contributed by atoms with Gasteiger partial charge in [0, 0.05) is 0 Å². The number of benzene rings is 1. The summed E-state index contributed by atoms with van der Waals surface area (Å²) in [6.07, 6.45) is 1.95. The molecule has 1 aromatic carbocycles. The van der Waals surface area contributed by atoms with Gasteiger partial charge in [-0.05, 0) is 37.8 Å². The molecule has 0 aromatic heterocycles. The van der Waals surface area contributed by atoms with Gasteiger partial charge in [-0.3, -0.25) is 0 Å². The summed E-state index contributed by atoms with van der Waals surface area (Å²) in [5, 5.41) is 10.4. The first-order valence-electron chi connectivity index (χ1n) is 4.54. The Hall–Kier alpha value is -0.380. The highest BCUT2D eigenvalue weighted by molar-refractivity contribution is 7.98. The lowest BCUT2D eigenvalue weighted by molar-refractivity contribution is 0.0783. The normalized spacial score (nSPS) is 11.6. The summed E-state index contributed by atoms with van der Waals surface area (Å²) in [4.78, 5) is 0.933. The Morgan fingerprint density at radius 1 is 1.40 bits per heavy atom. The standard InChI is InChI=1S/C11H15ClO2S/c1-11(2,13)7-5-8(12)10(14-3)9(6-7)15-4/h5-6,13H,1-4H3. The number of thioether (sulfide) groups is 1. The van der Waals surface area contributed by atoms with Gasteiger partial charge in [0.25, 0.3) is 0 Å². The molecule has 0 aliphatic rings. The van der Waals surface area contributed by atoms with Gasteiger partial charge in [0.1, 0.15) is 0 Å². The second-order valence-electron chi connectivity index (χ2n) is 3.75. The average Bonchev–Trinajstić information content (AvgIpc) is 2.15. The molecule has 1 rings (SSSR count). The van der Waals surface area contributed by atoms with Crippen LogP contribution in [0.5, 0.6) is 5.75 Å². The van der Waals surface area contributed by atoms with Gasteiger partial charge in [-0.15, -0.1) is 11.8 Å². The summed E-state index contributed by atoms with van der Waals surface area (Å²) in [5.41, 5.74) is -0.0990. The predicted molar refractivity (Wildman–Crippen MR) is 65.0 cm³/mol. The van der Waals surface area contributed by atoms with Crippen LogP contribution in [0, 0.1) is 0 Å². The van der Waals surface area contributed by atoms with Crippen molar-refractivity contribution in [3.05, 3.63) is 22.7 Å². The van der Waals surface area contributed by atoms with Crippen LogP contribution in [0.1, 0.15) is 19.4 Å². The van der Waals surface area contributed by atoms with E-state index in [4.69, 9.17) is 16.3 Å². The second kappa shape index (κ2) is 4.64. The summed E-state index contributed by atoms with van der Waals surface area (Å²) in [7, 11) is 1.59. The number of methoxy groups -OCH3 is 1. The minimum absolute atomic E-state index is 0.529. The molecule has 0 atom stereocenters. The van der Waals surface area contributed by atoms with E-state index < -0.39 is 5.60 Å². The van der Waals surface area contributed by atoms with Crippen LogP contribution in [0.3, 0.4) is 0 Å². The molecule has 0 amide bonds. The molecule has 0 spiro atoms. The van der Waals surface area contributed by atoms with E-state index in [1.54, 1.807) is 38.8 Å². The van der Waals surface area contributed by atoms with Crippen molar-refractivity contribution in [2.75, 3.05) is 13.4 Å². The van der Waals surface area contributed by atoms with E-state index in [0.29, 0.717) is 10.8 Å². The third-order valence-corrected chi connectivity index (χ3v) is 3.16. The molecule has 0 radical (unpaired) electrons. The van der Waals surface area contributed by atoms with Crippen molar-refractivity contribution in [2.24, 2.45) is 0 Å². The molecule has 4 heteroatoms. The highest BCUT2D eigenvalue weighted by atomic mass is 35.5. The maximum atomic E-state index is 9.89. The van der Waals surface area contributed by atoms with Gasteiger partial charge in [-0.25, -0.2) is 0 Å². The molecule has 1 aromatic rings. The summed E-state index contributed by atoms with van der Waals surface area (Å²) in [6.45, 7) is 3.46. The van der Waals surface area contributed by atoms with Crippen molar-refractivity contribution in [3.63, 3.8) is 0 Å². The quantitative estimate of drug-likeness (QED) is 0.830. The van der Waals surface area contributed by atoms with Gasteiger partial charge in [0.2, 0.25) is 0 Å². The molecule has 1 N–H and O–H groups in total. The molecule has 0 bridgehead atoms. The molecule has 0 saturated carbocycles. The topological polar surface area (TPSA) is 29.5 Å². The zero-order chi connectivity index (χ0) is 11.6. The second-order valence-corrected chi connectivity index (χ2v) is 5.01. The molecule has 0 unspecified atom stereocenters. The summed E-state index contributed by atoms with van der Waals surface area (Å²) in [5.74, 6) is 0.664. The van der Waals surface area contributed by atoms with Gasteiger partial charge >= 0.3 is 0 Å². The number of rotatable bonds is 3. The Balaban J connectivity index is 3.32. The molecule has 84 valence electrons. The molecule has 0 fully saturated rings. The highest BCUT2D eigenvalue weighted by Crippen LogP contribution is 2.38. The van der Waals surface area contributed by atoms with Crippen LogP contribution < -0.4 is 4.74 Å². The van der Waals surface area contributed by atoms with E-state index in [0.717, 1.165) is 10.5 Å². The van der Waals surface area contributed by atoms with E-state index in [1.165, 1.54) is 0 Å². The molecular weight excluding hydrogens is 232 g/mol. The van der Waals surface area contributed by atoms with Gasteiger partial charge in [0.15, 0.2) is 5.75 Å². The van der Waals surface area contributed by atoms with Crippen molar-refractivity contribution in [1.29, 1.82) is 0 Å². The fraction of sp³-hybridized carbons (Fsp3) is 0.455. The van der Waals surface area contributed by atoms with Crippen molar-refractivity contribution < 1.29 is 9.84 Å². The number of halogens is 1. The minimum Gasteiger partial charge on any atom is -0.494 e. The molecular formula is C11H15ClO2S. The first-order valence-corrected chi connectivity index (χ1v) is 6.14. The van der Waals surface area contributed by atoms with E-state index in [9.17, 15) is 5.11 Å². The Morgan fingerprint density at radius 3 is 2.40 bits per heavy atom. The zero-order valence-corrected chi connectivity index (χ0v) is 10.9. The SMILES string of the molecule is COc1c(Cl)cc(C(C)(C)O)cc1SC. The first kappa shape index (κ1) is 12.7. The maximum absolute atomic E-state index is 9.89. The van der Waals surface area contributed by atoms with E-state index in [-0.39, 0.29) is 0 Å². The lowest BCUT2D eigenvalue weighted by Crippen LogP contribution is -2.15. The first-order chi connectivity index (χ1) is 6.90. The maximum Gasteiger partial charge on any atom is 0.150 e. The van der Waals surface area contributed by atoms with Crippen molar-refractivity contribution in [1.82, 2.24) is 0 Å². The van der Waals surface area contributed by atoms with Crippen LogP contribution in [0.4, 0.5) is 0 Å². The third-order valence-electron chi connectivity index (χ3n) is 2.14. The smallest absolute Gasteiger partial charge is 0.150 e. The van der Waals surface area contributed by atoms with Gasteiger partial charge in [0.05, 0.1) is 22.6 Å². The van der Waals surface area contributed by atoms with Crippen LogP contribution in [0.2, 0.25) is 5.02 Å². The summed E-state index contributed by atoms with van der Waals surface area (Å²) < 4.78 is 5.20. The van der Waals surface area contributed by atoms with E-state index >= 15 is 0 Å². The largest absolute Gasteiger partial charge is 0.494 e. The molecule has 0 heterocycles. The van der Waals surface area contributed by atoms with Crippen molar-refractivity contribution in [3.8, 4) is 5.75 Å². The highest BCUT2D eigenvalue weighted by Gasteiger charge is 2.20. The Labute approximate surface area is 99.6 Å². The van der Waals surface area contributed by atoms with Gasteiger partial charge in [-0.1, -0.05) is 11.6 Å². The molecule has 0 aliphatic carbocycles. The fourth-order valence-electron chi connectivity index (χ4n) is 1.27. The Bertz CT molecular complexity index is 358. The van der Waals surface area contributed by atoms with E-state index in [1.807, 2.05) is 12.3 Å². The summed E-state index contributed by atoms with van der Waals surface area (Å²) >= 11 is 7.61. The Kier molecular flexibility index (Phi) is 3.93. The lowest BCUT2D eigenvalue weighted by Gasteiger charge is -2.20. The minimum atomic E-state index is -0.889. The molecule has 2 nitrogen and oxygen atoms in total. The van der Waals surface area contributed by atoms with Crippen LogP contribution in [0.15, 0.2) is 17.0 Å². The molecule has 0 aliphatic heterocycles. The number of hydrogen-bond donors (Lipinski definition) is 1. The van der Waals surface area contributed by atoms with Gasteiger partial charge < -0.3 is 9.84 Å². The monoisotopic (exact) mass is 246 g/mol. The van der Waals surface area contributed by atoms with Crippen LogP contribution >= 0.6 is 23.4 Å². The lowest BCUT2D eigenvalue weighted by atomic mass is 9.98. The van der Waals surface area contributed by atoms with Crippen LogP contribution in [-0.4, -0.2) is 18.5 Å². The average molecular weight is 247 g/mol. The number of ether oxygens (including phenoxy) is 1. The third kappa shape index (κ3) is 2.80. The Morgan fingerprint density at radius 2 is 2.00 bits per heavy atom. The number of aliphatic hydroxyl groups is 1. The van der Waals surface area contributed by atoms with E-state index in [2.05, 4.69) is 0 Å². The van der Waals surface area contributed by atoms with Crippen molar-refractivity contribution in [2.45, 2.75) is 24.3 Å². The van der Waals surface area contributed by atoms with Gasteiger partial charge in [-0.2, -0.15) is 0 Å². The molecule has 0 saturated heterocycles. The van der Waals surface area contributed by atoms with Crippen molar-refractivity contribution >= 4 is 23.4 Å². The summed E-state index contributed by atoms with van der Waals surface area (Å²) in [6, 6.07) is 3.63. The zero-order valence-electron chi connectivity index (χ0n) is 9.30. The molecule has 15 heavy (non-hydrogen) atoms. The number of hydrogen-bond acceptors (Lipinski definition) is 3. The predicted octanol–water partition coefficient (Wildman–Crippen LogP) is 3.30. The van der Waals surface area contributed by atoms with Crippen LogP contribution in [0.25, 0.3) is 0 Å². The van der Waals surface area contributed by atoms with Crippen LogP contribution in [-0.2, 0) is 5.60 Å².